The fourth-order valence-electron chi connectivity index (χ4n) is 3.63. The Morgan fingerprint density at radius 1 is 1.22 bits per heavy atom. The van der Waals surface area contributed by atoms with Crippen LogP contribution in [0.3, 0.4) is 0 Å². The molecule has 0 saturated carbocycles. The molecule has 1 fully saturated rings. The number of morpholine rings is 1. The summed E-state index contributed by atoms with van der Waals surface area (Å²) in [4.78, 5) is 7.26. The number of hydrogen-bond acceptors (Lipinski definition) is 5. The molecule has 0 N–H and O–H groups in total. The van der Waals surface area contributed by atoms with Gasteiger partial charge < -0.3 is 9.64 Å². The molecule has 1 aromatic rings. The molecule has 0 amide bonds. The van der Waals surface area contributed by atoms with Gasteiger partial charge in [-0.05, 0) is 12.5 Å². The van der Waals surface area contributed by atoms with E-state index < -0.39 is 0 Å². The summed E-state index contributed by atoms with van der Waals surface area (Å²) in [6.45, 7) is 7.07. The first-order valence-electron chi connectivity index (χ1n) is 8.31. The van der Waals surface area contributed by atoms with Crippen molar-refractivity contribution in [2.45, 2.75) is 13.3 Å². The molecule has 0 radical (unpaired) electrons. The number of amidine groups is 2. The van der Waals surface area contributed by atoms with Gasteiger partial charge in [-0.2, -0.15) is 4.48 Å². The van der Waals surface area contributed by atoms with E-state index in [0.29, 0.717) is 11.0 Å². The molecular weight excluding hydrogens is 290 g/mol. The number of nitrogens with zero attached hydrogens (tertiary/aromatic N) is 5. The molecule has 0 spiro atoms. The molecule has 6 heteroatoms. The maximum Gasteiger partial charge on any atom is 0.255 e. The van der Waals surface area contributed by atoms with Crippen molar-refractivity contribution in [3.8, 4) is 0 Å². The average molecular weight is 312 g/mol. The molecule has 0 bridgehead atoms. The van der Waals surface area contributed by atoms with Crippen molar-refractivity contribution in [1.29, 1.82) is 0 Å². The maximum atomic E-state index is 5.50. The Bertz CT molecular complexity index is 690. The number of fused-ring (bicyclic) bond motifs is 3. The van der Waals surface area contributed by atoms with E-state index >= 15 is 0 Å². The molecule has 3 aliphatic rings. The van der Waals surface area contributed by atoms with Gasteiger partial charge in [0.1, 0.15) is 12.4 Å². The van der Waals surface area contributed by atoms with Crippen LogP contribution >= 0.6 is 0 Å². The van der Waals surface area contributed by atoms with Crippen molar-refractivity contribution < 1.29 is 4.74 Å². The fourth-order valence-corrected chi connectivity index (χ4v) is 3.63. The summed E-state index contributed by atoms with van der Waals surface area (Å²) in [7, 11) is 0. The van der Waals surface area contributed by atoms with E-state index in [1.54, 1.807) is 0 Å². The summed E-state index contributed by atoms with van der Waals surface area (Å²) in [5.74, 6) is 2.09. The lowest BCUT2D eigenvalue weighted by molar-refractivity contribution is 0.0682. The lowest BCUT2D eigenvalue weighted by Gasteiger charge is -2.32. The quantitative estimate of drug-likeness (QED) is 0.783. The van der Waals surface area contributed by atoms with Crippen molar-refractivity contribution in [3.63, 3.8) is 0 Å². The van der Waals surface area contributed by atoms with Gasteiger partial charge in [-0.1, -0.05) is 29.3 Å². The van der Waals surface area contributed by atoms with Gasteiger partial charge >= 0.3 is 0 Å². The molecule has 4 rings (SSSR count). The van der Waals surface area contributed by atoms with Gasteiger partial charge in [-0.3, -0.25) is 4.99 Å². The Morgan fingerprint density at radius 2 is 2.04 bits per heavy atom. The summed E-state index contributed by atoms with van der Waals surface area (Å²) in [6, 6.07) is 8.56. The number of benzene rings is 1. The molecule has 23 heavy (non-hydrogen) atoms. The third kappa shape index (κ3) is 2.29. The molecular formula is C17H22N5O+. The van der Waals surface area contributed by atoms with Crippen LogP contribution in [0.2, 0.25) is 0 Å². The molecule has 1 atom stereocenters. The summed E-state index contributed by atoms with van der Waals surface area (Å²) in [5, 5.41) is 8.62. The fraction of sp³-hybridized carbons (Fsp3) is 0.471. The van der Waals surface area contributed by atoms with Crippen LogP contribution in [0.25, 0.3) is 0 Å². The molecule has 0 aromatic heterocycles. The minimum atomic E-state index is 0.599. The second-order valence-electron chi connectivity index (χ2n) is 6.10. The minimum Gasteiger partial charge on any atom is -0.378 e. The predicted molar refractivity (Wildman–Crippen MR) is 93.1 cm³/mol. The zero-order valence-electron chi connectivity index (χ0n) is 13.5. The number of hydrogen-bond donors (Lipinski definition) is 0. The summed E-state index contributed by atoms with van der Waals surface area (Å²) >= 11 is 0. The van der Waals surface area contributed by atoms with Crippen LogP contribution in [0, 0.1) is 0 Å². The maximum absolute atomic E-state index is 5.50. The molecule has 6 nitrogen and oxygen atoms in total. The number of ether oxygens (including phenoxy) is 1. The van der Waals surface area contributed by atoms with E-state index in [4.69, 9.17) is 9.73 Å². The largest absolute Gasteiger partial charge is 0.378 e. The zero-order chi connectivity index (χ0) is 15.7. The van der Waals surface area contributed by atoms with Gasteiger partial charge in [0.25, 0.3) is 5.84 Å². The lowest BCUT2D eigenvalue weighted by Crippen LogP contribution is -2.53. The van der Waals surface area contributed by atoms with Crippen LogP contribution in [-0.2, 0) is 4.74 Å². The number of para-hydroxylation sites is 1. The van der Waals surface area contributed by atoms with Crippen molar-refractivity contribution in [2.24, 2.45) is 15.2 Å². The molecule has 3 heterocycles. The van der Waals surface area contributed by atoms with Crippen LogP contribution in [0.15, 0.2) is 39.5 Å². The van der Waals surface area contributed by atoms with Crippen molar-refractivity contribution in [3.05, 3.63) is 29.8 Å². The Kier molecular flexibility index (Phi) is 3.71. The Labute approximate surface area is 136 Å². The normalized spacial score (nSPS) is 26.2. The Hall–Kier alpha value is -2.05. The van der Waals surface area contributed by atoms with Crippen molar-refractivity contribution in [2.75, 3.05) is 39.4 Å². The first-order valence-corrected chi connectivity index (χ1v) is 8.31. The highest BCUT2D eigenvalue weighted by Crippen LogP contribution is 2.33. The zero-order valence-corrected chi connectivity index (χ0v) is 13.5. The third-order valence-electron chi connectivity index (χ3n) is 4.71. The number of aliphatic imine (C=N–C) groups is 1. The first kappa shape index (κ1) is 14.5. The smallest absolute Gasteiger partial charge is 0.255 e. The second-order valence-corrected chi connectivity index (χ2v) is 6.10. The van der Waals surface area contributed by atoms with Crippen molar-refractivity contribution in [1.82, 2.24) is 9.38 Å². The second kappa shape index (κ2) is 5.86. The van der Waals surface area contributed by atoms with Crippen LogP contribution in [0.4, 0.5) is 5.69 Å². The van der Waals surface area contributed by atoms with Gasteiger partial charge in [0.2, 0.25) is 6.34 Å². The van der Waals surface area contributed by atoms with Crippen LogP contribution in [0.1, 0.15) is 18.9 Å². The summed E-state index contributed by atoms with van der Waals surface area (Å²) in [5.41, 5.74) is 2.43. The van der Waals surface area contributed by atoms with Gasteiger partial charge in [-0.25, -0.2) is 0 Å². The van der Waals surface area contributed by atoms with Gasteiger partial charge in [-0.15, -0.1) is 0 Å². The highest BCUT2D eigenvalue weighted by molar-refractivity contribution is 6.16. The van der Waals surface area contributed by atoms with E-state index in [-0.39, 0.29) is 0 Å². The highest BCUT2D eigenvalue weighted by Gasteiger charge is 2.43. The highest BCUT2D eigenvalue weighted by atomic mass is 16.5. The van der Waals surface area contributed by atoms with Crippen LogP contribution in [-0.4, -0.2) is 62.3 Å². The molecule has 1 unspecified atom stereocenters. The Morgan fingerprint density at radius 3 is 2.87 bits per heavy atom. The SMILES string of the molecule is CCC[N+]12C=NN=C1CN=C(N1CCOCC1)c1ccccc12. The summed E-state index contributed by atoms with van der Waals surface area (Å²) in [6.07, 6.45) is 3.03. The van der Waals surface area contributed by atoms with E-state index in [1.807, 2.05) is 6.34 Å². The lowest BCUT2D eigenvalue weighted by atomic mass is 10.1. The van der Waals surface area contributed by atoms with Crippen LogP contribution < -0.4 is 4.48 Å². The molecule has 1 saturated heterocycles. The van der Waals surface area contributed by atoms with Crippen molar-refractivity contribution >= 4 is 23.7 Å². The van der Waals surface area contributed by atoms with E-state index in [2.05, 4.69) is 46.3 Å². The Balaban J connectivity index is 1.84. The first-order chi connectivity index (χ1) is 11.3. The molecule has 0 aliphatic carbocycles. The van der Waals surface area contributed by atoms with E-state index in [1.165, 1.54) is 11.3 Å². The molecule has 120 valence electrons. The van der Waals surface area contributed by atoms with Gasteiger partial charge in [0, 0.05) is 19.2 Å². The minimum absolute atomic E-state index is 0.599. The predicted octanol–water partition coefficient (Wildman–Crippen LogP) is 1.85. The number of quaternary nitrogens is 1. The third-order valence-corrected chi connectivity index (χ3v) is 4.71. The van der Waals surface area contributed by atoms with Crippen LogP contribution in [0.5, 0.6) is 0 Å². The van der Waals surface area contributed by atoms with Gasteiger partial charge in [0.05, 0.1) is 25.3 Å². The standard InChI is InChI=1S/C17H22N5O/c1-2-9-22-13-19-20-16(22)12-18-17(21-7-10-23-11-8-21)14-5-3-4-6-15(14)22/h3-6,13H,2,7-12H2,1H3/q+1. The molecule has 1 aromatic carbocycles. The molecule has 3 aliphatic heterocycles. The van der Waals surface area contributed by atoms with Gasteiger partial charge in [0.15, 0.2) is 5.69 Å². The topological polar surface area (TPSA) is 49.5 Å². The van der Waals surface area contributed by atoms with E-state index in [0.717, 1.165) is 50.9 Å². The average Bonchev–Trinajstić information content (AvgIpc) is 2.95. The summed E-state index contributed by atoms with van der Waals surface area (Å²) < 4.78 is 6.11. The van der Waals surface area contributed by atoms with E-state index in [9.17, 15) is 0 Å². The number of rotatable bonds is 2. The monoisotopic (exact) mass is 312 g/mol.